The van der Waals surface area contributed by atoms with E-state index in [9.17, 15) is 22.4 Å². The van der Waals surface area contributed by atoms with Crippen LogP contribution < -0.4 is 16.0 Å². The van der Waals surface area contributed by atoms with Gasteiger partial charge in [-0.25, -0.2) is 9.37 Å². The number of fused-ring (bicyclic) bond motifs is 1. The number of rotatable bonds is 8. The molecule has 1 amide bonds. The standard InChI is InChI=1S/C27H23F4N5O/c28-20-8-1-16(2-9-20)14-32-26-35-23-12-7-19(13-22(23)24(36-26)33-15-27(29,30)31)17-3-5-18(6-4-17)25(37)34-21-10-11-21/h1-9,12-13,21H,10-11,14-15H2,(H,34,37)(H2,32,33,35,36). The lowest BCUT2D eigenvalue weighted by Gasteiger charge is -2.14. The number of hydrogen-bond acceptors (Lipinski definition) is 5. The van der Waals surface area contributed by atoms with Gasteiger partial charge in [-0.15, -0.1) is 0 Å². The molecule has 5 rings (SSSR count). The molecule has 0 saturated heterocycles. The summed E-state index contributed by atoms with van der Waals surface area (Å²) in [7, 11) is 0. The second-order valence-electron chi connectivity index (χ2n) is 8.90. The Balaban J connectivity index is 1.42. The third kappa shape index (κ3) is 6.32. The monoisotopic (exact) mass is 509 g/mol. The molecule has 37 heavy (non-hydrogen) atoms. The first-order valence-corrected chi connectivity index (χ1v) is 11.8. The lowest BCUT2D eigenvalue weighted by Crippen LogP contribution is -2.25. The molecule has 6 nitrogen and oxygen atoms in total. The molecule has 0 aliphatic heterocycles. The lowest BCUT2D eigenvalue weighted by molar-refractivity contribution is -0.115. The van der Waals surface area contributed by atoms with Crippen LogP contribution >= 0.6 is 0 Å². The minimum Gasteiger partial charge on any atom is -0.360 e. The van der Waals surface area contributed by atoms with Gasteiger partial charge >= 0.3 is 6.18 Å². The molecule has 1 saturated carbocycles. The van der Waals surface area contributed by atoms with Gasteiger partial charge in [-0.05, 0) is 65.9 Å². The minimum absolute atomic E-state index is 0.0335. The summed E-state index contributed by atoms with van der Waals surface area (Å²) < 4.78 is 52.1. The van der Waals surface area contributed by atoms with E-state index in [0.29, 0.717) is 16.5 Å². The number of carbonyl (C=O) groups is 1. The van der Waals surface area contributed by atoms with Crippen molar-refractivity contribution in [1.29, 1.82) is 0 Å². The molecular weight excluding hydrogens is 486 g/mol. The van der Waals surface area contributed by atoms with Crippen molar-refractivity contribution in [3.8, 4) is 11.1 Å². The third-order valence-electron chi connectivity index (χ3n) is 5.91. The zero-order valence-electron chi connectivity index (χ0n) is 19.6. The molecule has 1 fully saturated rings. The SMILES string of the molecule is O=C(NC1CC1)c1ccc(-c2ccc3nc(NCc4ccc(F)cc4)nc(NCC(F)(F)F)c3c2)cc1. The summed E-state index contributed by atoms with van der Waals surface area (Å²) in [6, 6.07) is 18.4. The first-order valence-electron chi connectivity index (χ1n) is 11.8. The van der Waals surface area contributed by atoms with Crippen LogP contribution in [-0.2, 0) is 6.54 Å². The molecule has 0 radical (unpaired) electrons. The van der Waals surface area contributed by atoms with Gasteiger partial charge in [0.2, 0.25) is 5.95 Å². The van der Waals surface area contributed by atoms with Crippen LogP contribution in [0.25, 0.3) is 22.0 Å². The van der Waals surface area contributed by atoms with E-state index in [4.69, 9.17) is 0 Å². The Labute approximate surface area is 210 Å². The summed E-state index contributed by atoms with van der Waals surface area (Å²) in [6.07, 6.45) is -2.44. The van der Waals surface area contributed by atoms with Crippen LogP contribution in [0.1, 0.15) is 28.8 Å². The van der Waals surface area contributed by atoms with Crippen molar-refractivity contribution in [3.05, 3.63) is 83.7 Å². The number of nitrogens with one attached hydrogen (secondary N) is 3. The van der Waals surface area contributed by atoms with E-state index in [1.54, 1.807) is 48.5 Å². The first kappa shape index (κ1) is 24.5. The number of alkyl halides is 3. The molecule has 1 aliphatic carbocycles. The largest absolute Gasteiger partial charge is 0.405 e. The number of hydrogen-bond donors (Lipinski definition) is 3. The zero-order chi connectivity index (χ0) is 26.0. The van der Waals surface area contributed by atoms with Crippen LogP contribution in [0.3, 0.4) is 0 Å². The molecular formula is C27H23F4N5O. The van der Waals surface area contributed by atoms with Crippen LogP contribution in [0.2, 0.25) is 0 Å². The molecule has 1 heterocycles. The van der Waals surface area contributed by atoms with Gasteiger partial charge in [-0.3, -0.25) is 4.79 Å². The summed E-state index contributed by atoms with van der Waals surface area (Å²) >= 11 is 0. The highest BCUT2D eigenvalue weighted by Crippen LogP contribution is 2.30. The number of carbonyl (C=O) groups excluding carboxylic acids is 1. The Bertz CT molecular complexity index is 1420. The smallest absolute Gasteiger partial charge is 0.360 e. The predicted octanol–water partition coefficient (Wildman–Crippen LogP) is 5.91. The fourth-order valence-corrected chi connectivity index (χ4v) is 3.80. The van der Waals surface area contributed by atoms with Gasteiger partial charge in [0.15, 0.2) is 0 Å². The Morgan fingerprint density at radius 1 is 0.892 bits per heavy atom. The molecule has 0 unspecified atom stereocenters. The van der Waals surface area contributed by atoms with Crippen molar-refractivity contribution >= 4 is 28.6 Å². The molecule has 1 aromatic heterocycles. The molecule has 1 aliphatic rings. The molecule has 0 bridgehead atoms. The van der Waals surface area contributed by atoms with Crippen molar-refractivity contribution in [1.82, 2.24) is 15.3 Å². The first-order chi connectivity index (χ1) is 17.7. The van der Waals surface area contributed by atoms with Crippen molar-refractivity contribution in [2.45, 2.75) is 31.6 Å². The Kier molecular flexibility index (Phi) is 6.64. The van der Waals surface area contributed by atoms with Crippen LogP contribution in [0.5, 0.6) is 0 Å². The Morgan fingerprint density at radius 3 is 2.27 bits per heavy atom. The van der Waals surface area contributed by atoms with E-state index in [1.807, 2.05) is 6.07 Å². The maximum atomic E-state index is 13.2. The van der Waals surface area contributed by atoms with Gasteiger partial charge in [-0.1, -0.05) is 30.3 Å². The summed E-state index contributed by atoms with van der Waals surface area (Å²) in [6.45, 7) is -0.991. The fourth-order valence-electron chi connectivity index (χ4n) is 3.80. The summed E-state index contributed by atoms with van der Waals surface area (Å²) in [5.74, 6) is -0.317. The molecule has 10 heteroatoms. The van der Waals surface area contributed by atoms with E-state index in [0.717, 1.165) is 29.5 Å². The third-order valence-corrected chi connectivity index (χ3v) is 5.91. The molecule has 190 valence electrons. The lowest BCUT2D eigenvalue weighted by atomic mass is 10.0. The quantitative estimate of drug-likeness (QED) is 0.257. The molecule has 4 aromatic rings. The summed E-state index contributed by atoms with van der Waals surface area (Å²) in [5.41, 5.74) is 3.30. The number of nitrogens with zero attached hydrogens (tertiary/aromatic N) is 2. The highest BCUT2D eigenvalue weighted by Gasteiger charge is 2.27. The number of benzene rings is 3. The van der Waals surface area contributed by atoms with E-state index in [1.165, 1.54) is 12.1 Å². The van der Waals surface area contributed by atoms with Gasteiger partial charge in [0.1, 0.15) is 18.2 Å². The van der Waals surface area contributed by atoms with Gasteiger partial charge in [-0.2, -0.15) is 18.2 Å². The van der Waals surface area contributed by atoms with Crippen molar-refractivity contribution < 1.29 is 22.4 Å². The van der Waals surface area contributed by atoms with Crippen molar-refractivity contribution in [2.75, 3.05) is 17.2 Å². The molecule has 0 spiro atoms. The van der Waals surface area contributed by atoms with Gasteiger partial charge in [0, 0.05) is 23.5 Å². The van der Waals surface area contributed by atoms with Gasteiger partial charge in [0.05, 0.1) is 5.52 Å². The van der Waals surface area contributed by atoms with Crippen LogP contribution in [0.15, 0.2) is 66.7 Å². The number of anilines is 2. The van der Waals surface area contributed by atoms with E-state index in [-0.39, 0.29) is 36.1 Å². The maximum absolute atomic E-state index is 13.2. The normalized spacial score (nSPS) is 13.4. The minimum atomic E-state index is -4.44. The van der Waals surface area contributed by atoms with E-state index in [2.05, 4.69) is 25.9 Å². The second-order valence-corrected chi connectivity index (χ2v) is 8.90. The average Bonchev–Trinajstić information content (AvgIpc) is 3.70. The van der Waals surface area contributed by atoms with E-state index >= 15 is 0 Å². The highest BCUT2D eigenvalue weighted by atomic mass is 19.4. The van der Waals surface area contributed by atoms with Crippen LogP contribution in [0.4, 0.5) is 29.3 Å². The average molecular weight is 510 g/mol. The van der Waals surface area contributed by atoms with E-state index < -0.39 is 12.7 Å². The molecule has 0 atom stereocenters. The second kappa shape index (κ2) is 10.0. The summed E-state index contributed by atoms with van der Waals surface area (Å²) in [4.78, 5) is 21.0. The van der Waals surface area contributed by atoms with Crippen LogP contribution in [0, 0.1) is 5.82 Å². The van der Waals surface area contributed by atoms with Crippen LogP contribution in [-0.4, -0.2) is 34.6 Å². The molecule has 3 N–H and O–H groups in total. The Morgan fingerprint density at radius 2 is 1.59 bits per heavy atom. The van der Waals surface area contributed by atoms with Gasteiger partial charge in [0.25, 0.3) is 5.91 Å². The number of aromatic nitrogens is 2. The molecule has 3 aromatic carbocycles. The number of halogens is 4. The maximum Gasteiger partial charge on any atom is 0.405 e. The zero-order valence-corrected chi connectivity index (χ0v) is 19.6. The topological polar surface area (TPSA) is 78.9 Å². The van der Waals surface area contributed by atoms with Gasteiger partial charge < -0.3 is 16.0 Å². The fraction of sp³-hybridized carbons (Fsp3) is 0.222. The van der Waals surface area contributed by atoms with Crippen molar-refractivity contribution in [2.24, 2.45) is 0 Å². The predicted molar refractivity (Wildman–Crippen MR) is 134 cm³/mol. The van der Waals surface area contributed by atoms with Crippen molar-refractivity contribution in [3.63, 3.8) is 0 Å². The summed E-state index contributed by atoms with van der Waals surface area (Å²) in [5, 5.41) is 8.73. The Hall–Kier alpha value is -4.21. The highest BCUT2D eigenvalue weighted by molar-refractivity contribution is 5.96. The number of amides is 1.